The first-order chi connectivity index (χ1) is 8.65. The molecule has 2 nitrogen and oxygen atoms in total. The van der Waals surface area contributed by atoms with Gasteiger partial charge >= 0.3 is 0 Å². The Morgan fingerprint density at radius 3 is 2.89 bits per heavy atom. The third-order valence-corrected chi connectivity index (χ3v) is 4.42. The van der Waals surface area contributed by atoms with Crippen LogP contribution in [0.25, 0.3) is 0 Å². The van der Waals surface area contributed by atoms with E-state index in [1.165, 1.54) is 36.8 Å². The van der Waals surface area contributed by atoms with Crippen molar-refractivity contribution in [2.24, 2.45) is 0 Å². The lowest BCUT2D eigenvalue weighted by atomic mass is 10.00. The molecule has 0 radical (unpaired) electrons. The first-order valence-electron chi connectivity index (χ1n) is 7.16. The van der Waals surface area contributed by atoms with Crippen molar-refractivity contribution in [2.45, 2.75) is 57.6 Å². The third kappa shape index (κ3) is 2.39. The van der Waals surface area contributed by atoms with Crippen LogP contribution in [0.1, 0.15) is 43.7 Å². The maximum absolute atomic E-state index is 6.00. The monoisotopic (exact) mass is 245 g/mol. The predicted molar refractivity (Wildman–Crippen MR) is 74.2 cm³/mol. The summed E-state index contributed by atoms with van der Waals surface area (Å²) in [5.74, 6) is 1.09. The third-order valence-electron chi connectivity index (χ3n) is 4.42. The Balaban J connectivity index is 1.58. The van der Waals surface area contributed by atoms with Crippen molar-refractivity contribution in [2.75, 3.05) is 6.54 Å². The summed E-state index contributed by atoms with van der Waals surface area (Å²) in [5, 5.41) is 3.72. The number of hydrogen-bond donors (Lipinski definition) is 1. The standard InChI is InChI=1S/C16H23NO/c1-12-5-6-15-13(9-12)10-14(18-15)11-17-16(2)7-3-4-8-16/h5-6,9,14,17H,3-4,7-8,10-11H2,1-2H3. The van der Waals surface area contributed by atoms with Gasteiger partial charge in [0.15, 0.2) is 0 Å². The summed E-state index contributed by atoms with van der Waals surface area (Å²) in [6.07, 6.45) is 6.74. The normalized spacial score (nSPS) is 24.9. The zero-order valence-electron chi connectivity index (χ0n) is 11.5. The maximum Gasteiger partial charge on any atom is 0.123 e. The Morgan fingerprint density at radius 2 is 2.11 bits per heavy atom. The summed E-state index contributed by atoms with van der Waals surface area (Å²) in [6.45, 7) is 5.47. The molecule has 0 aromatic heterocycles. The van der Waals surface area contributed by atoms with Crippen molar-refractivity contribution < 1.29 is 4.74 Å². The van der Waals surface area contributed by atoms with Gasteiger partial charge in [0, 0.05) is 18.5 Å². The molecule has 1 saturated carbocycles. The Bertz CT molecular complexity index is 435. The summed E-state index contributed by atoms with van der Waals surface area (Å²) >= 11 is 0. The van der Waals surface area contributed by atoms with E-state index < -0.39 is 0 Å². The molecule has 1 aromatic rings. The van der Waals surface area contributed by atoms with E-state index >= 15 is 0 Å². The van der Waals surface area contributed by atoms with E-state index in [2.05, 4.69) is 37.4 Å². The van der Waals surface area contributed by atoms with Crippen LogP contribution in [0.4, 0.5) is 0 Å². The second kappa shape index (κ2) is 4.58. The zero-order valence-corrected chi connectivity index (χ0v) is 11.5. The van der Waals surface area contributed by atoms with Gasteiger partial charge in [-0.1, -0.05) is 30.5 Å². The highest BCUT2D eigenvalue weighted by atomic mass is 16.5. The van der Waals surface area contributed by atoms with E-state index in [0.29, 0.717) is 11.6 Å². The Kier molecular flexibility index (Phi) is 3.06. The number of fused-ring (bicyclic) bond motifs is 1. The van der Waals surface area contributed by atoms with Crippen LogP contribution in [-0.4, -0.2) is 18.2 Å². The minimum absolute atomic E-state index is 0.319. The molecule has 3 rings (SSSR count). The summed E-state index contributed by atoms with van der Waals surface area (Å²) in [5.41, 5.74) is 3.06. The van der Waals surface area contributed by atoms with Crippen LogP contribution in [-0.2, 0) is 6.42 Å². The molecule has 0 saturated heterocycles. The van der Waals surface area contributed by atoms with Gasteiger partial charge in [-0.15, -0.1) is 0 Å². The molecule has 1 fully saturated rings. The van der Waals surface area contributed by atoms with Crippen LogP contribution in [0.15, 0.2) is 18.2 Å². The first-order valence-corrected chi connectivity index (χ1v) is 7.16. The average Bonchev–Trinajstić information content (AvgIpc) is 2.93. The Hall–Kier alpha value is -1.02. The highest BCUT2D eigenvalue weighted by molar-refractivity contribution is 5.40. The summed E-state index contributed by atoms with van der Waals surface area (Å²) < 4.78 is 6.00. The molecule has 1 atom stereocenters. The minimum atomic E-state index is 0.319. The van der Waals surface area contributed by atoms with E-state index in [9.17, 15) is 0 Å². The quantitative estimate of drug-likeness (QED) is 0.883. The maximum atomic E-state index is 6.00. The van der Waals surface area contributed by atoms with Gasteiger partial charge in [0.2, 0.25) is 0 Å². The number of rotatable bonds is 3. The van der Waals surface area contributed by atoms with Crippen molar-refractivity contribution in [3.05, 3.63) is 29.3 Å². The lowest BCUT2D eigenvalue weighted by molar-refractivity contribution is 0.205. The fraction of sp³-hybridized carbons (Fsp3) is 0.625. The van der Waals surface area contributed by atoms with E-state index in [0.717, 1.165) is 18.7 Å². The van der Waals surface area contributed by atoms with Crippen molar-refractivity contribution >= 4 is 0 Å². The largest absolute Gasteiger partial charge is 0.488 e. The molecule has 1 aromatic carbocycles. The van der Waals surface area contributed by atoms with Gasteiger partial charge in [0.25, 0.3) is 0 Å². The van der Waals surface area contributed by atoms with E-state index in [1.54, 1.807) is 0 Å². The zero-order chi connectivity index (χ0) is 12.6. The smallest absolute Gasteiger partial charge is 0.123 e. The van der Waals surface area contributed by atoms with Gasteiger partial charge in [0.1, 0.15) is 11.9 Å². The predicted octanol–water partition coefficient (Wildman–Crippen LogP) is 3.22. The molecular formula is C16H23NO. The van der Waals surface area contributed by atoms with Gasteiger partial charge in [-0.25, -0.2) is 0 Å². The van der Waals surface area contributed by atoms with E-state index in [1.807, 2.05) is 0 Å². The van der Waals surface area contributed by atoms with Crippen LogP contribution in [0, 0.1) is 6.92 Å². The van der Waals surface area contributed by atoms with Crippen LogP contribution in [0.5, 0.6) is 5.75 Å². The van der Waals surface area contributed by atoms with Gasteiger partial charge in [-0.2, -0.15) is 0 Å². The lowest BCUT2D eigenvalue weighted by Gasteiger charge is -2.27. The Morgan fingerprint density at radius 1 is 1.33 bits per heavy atom. The van der Waals surface area contributed by atoms with Crippen LogP contribution >= 0.6 is 0 Å². The first kappa shape index (κ1) is 12.0. The average molecular weight is 245 g/mol. The molecule has 2 heteroatoms. The van der Waals surface area contributed by atoms with Crippen molar-refractivity contribution in [3.8, 4) is 5.75 Å². The number of aryl methyl sites for hydroxylation is 1. The van der Waals surface area contributed by atoms with Gasteiger partial charge < -0.3 is 10.1 Å². The summed E-state index contributed by atoms with van der Waals surface area (Å²) in [4.78, 5) is 0. The molecule has 18 heavy (non-hydrogen) atoms. The number of benzene rings is 1. The summed E-state index contributed by atoms with van der Waals surface area (Å²) in [7, 11) is 0. The topological polar surface area (TPSA) is 21.3 Å². The van der Waals surface area contributed by atoms with Gasteiger partial charge in [0.05, 0.1) is 0 Å². The molecule has 0 bridgehead atoms. The number of hydrogen-bond acceptors (Lipinski definition) is 2. The highest BCUT2D eigenvalue weighted by Gasteiger charge is 2.30. The fourth-order valence-electron chi connectivity index (χ4n) is 3.26. The molecule has 1 aliphatic carbocycles. The number of nitrogens with one attached hydrogen (secondary N) is 1. The lowest BCUT2D eigenvalue weighted by Crippen LogP contribution is -2.44. The van der Waals surface area contributed by atoms with Crippen molar-refractivity contribution in [3.63, 3.8) is 0 Å². The van der Waals surface area contributed by atoms with Crippen molar-refractivity contribution in [1.82, 2.24) is 5.32 Å². The molecule has 1 unspecified atom stereocenters. The van der Waals surface area contributed by atoms with Gasteiger partial charge in [-0.05, 0) is 38.3 Å². The molecule has 1 heterocycles. The number of ether oxygens (including phenoxy) is 1. The SMILES string of the molecule is Cc1ccc2c(c1)CC(CNC1(C)CCCC1)O2. The van der Waals surface area contributed by atoms with Crippen LogP contribution in [0.3, 0.4) is 0 Å². The van der Waals surface area contributed by atoms with E-state index in [-0.39, 0.29) is 0 Å². The minimum Gasteiger partial charge on any atom is -0.488 e. The van der Waals surface area contributed by atoms with E-state index in [4.69, 9.17) is 4.74 Å². The second-order valence-corrected chi connectivity index (χ2v) is 6.20. The van der Waals surface area contributed by atoms with Gasteiger partial charge in [-0.3, -0.25) is 0 Å². The molecule has 2 aliphatic rings. The molecule has 1 N–H and O–H groups in total. The molecule has 0 spiro atoms. The summed E-state index contributed by atoms with van der Waals surface area (Å²) in [6, 6.07) is 6.50. The molecule has 1 aliphatic heterocycles. The molecule has 0 amide bonds. The molecule has 98 valence electrons. The van der Waals surface area contributed by atoms with Crippen LogP contribution in [0.2, 0.25) is 0 Å². The van der Waals surface area contributed by atoms with Crippen molar-refractivity contribution in [1.29, 1.82) is 0 Å². The fourth-order valence-corrected chi connectivity index (χ4v) is 3.26. The second-order valence-electron chi connectivity index (χ2n) is 6.20. The Labute approximate surface area is 110 Å². The molecular weight excluding hydrogens is 222 g/mol. The van der Waals surface area contributed by atoms with Crippen LogP contribution < -0.4 is 10.1 Å². The highest BCUT2D eigenvalue weighted by Crippen LogP contribution is 2.31.